The van der Waals surface area contributed by atoms with Gasteiger partial charge in [0.25, 0.3) is 5.91 Å². The molecule has 6 heteroatoms. The molecule has 0 bridgehead atoms. The van der Waals surface area contributed by atoms with Gasteiger partial charge in [0.2, 0.25) is 0 Å². The summed E-state index contributed by atoms with van der Waals surface area (Å²) in [7, 11) is 1.58. The van der Waals surface area contributed by atoms with Crippen LogP contribution in [0.2, 0.25) is 0 Å². The Kier molecular flexibility index (Phi) is 4.22. The molecule has 0 aromatic carbocycles. The third-order valence-corrected chi connectivity index (χ3v) is 2.80. The molecule has 0 radical (unpaired) electrons. The molecule has 0 atom stereocenters. The van der Waals surface area contributed by atoms with Gasteiger partial charge in [0.1, 0.15) is 5.82 Å². The third-order valence-electron chi connectivity index (χ3n) is 2.80. The molecular formula is C12H17N3O3. The molecule has 2 rings (SSSR count). The number of hydrogen-bond acceptors (Lipinski definition) is 5. The first-order chi connectivity index (χ1) is 8.72. The van der Waals surface area contributed by atoms with Gasteiger partial charge in [-0.25, -0.2) is 9.97 Å². The highest BCUT2D eigenvalue weighted by molar-refractivity contribution is 5.95. The average molecular weight is 251 g/mol. The number of ether oxygens (including phenoxy) is 2. The van der Waals surface area contributed by atoms with E-state index in [-0.39, 0.29) is 5.91 Å². The summed E-state index contributed by atoms with van der Waals surface area (Å²) in [5, 5.41) is 0. The van der Waals surface area contributed by atoms with E-state index >= 15 is 0 Å². The smallest absolute Gasteiger partial charge is 0.257 e. The van der Waals surface area contributed by atoms with Gasteiger partial charge in [-0.15, -0.1) is 0 Å². The second-order valence-electron chi connectivity index (χ2n) is 4.12. The van der Waals surface area contributed by atoms with Crippen molar-refractivity contribution in [2.24, 2.45) is 0 Å². The molecule has 1 fully saturated rings. The summed E-state index contributed by atoms with van der Waals surface area (Å²) in [6, 6.07) is 0. The SMILES string of the molecule is COCc1nc(C)ncc1C(=O)N1CCOCC1. The van der Waals surface area contributed by atoms with E-state index in [0.29, 0.717) is 50.0 Å². The van der Waals surface area contributed by atoms with Crippen LogP contribution in [0.25, 0.3) is 0 Å². The predicted molar refractivity (Wildman–Crippen MR) is 64.2 cm³/mol. The highest BCUT2D eigenvalue weighted by atomic mass is 16.5. The second kappa shape index (κ2) is 5.88. The van der Waals surface area contributed by atoms with E-state index in [1.165, 1.54) is 0 Å². The van der Waals surface area contributed by atoms with Crippen molar-refractivity contribution >= 4 is 5.91 Å². The van der Waals surface area contributed by atoms with Crippen LogP contribution in [0.1, 0.15) is 21.9 Å². The highest BCUT2D eigenvalue weighted by Gasteiger charge is 2.22. The summed E-state index contributed by atoms with van der Waals surface area (Å²) in [6.45, 7) is 4.49. The quantitative estimate of drug-likeness (QED) is 0.778. The highest BCUT2D eigenvalue weighted by Crippen LogP contribution is 2.11. The minimum atomic E-state index is -0.0506. The number of rotatable bonds is 3. The molecule has 0 N–H and O–H groups in total. The molecule has 0 unspecified atom stereocenters. The molecule has 0 aliphatic carbocycles. The lowest BCUT2D eigenvalue weighted by molar-refractivity contribution is 0.0299. The number of carbonyl (C=O) groups excluding carboxylic acids is 1. The summed E-state index contributed by atoms with van der Waals surface area (Å²) >= 11 is 0. The Balaban J connectivity index is 2.22. The van der Waals surface area contributed by atoms with Gasteiger partial charge in [-0.1, -0.05) is 0 Å². The van der Waals surface area contributed by atoms with Crippen LogP contribution in [0.15, 0.2) is 6.20 Å². The molecule has 98 valence electrons. The Morgan fingerprint density at radius 2 is 2.22 bits per heavy atom. The standard InChI is InChI=1S/C12H17N3O3/c1-9-13-7-10(11(14-9)8-17-2)12(16)15-3-5-18-6-4-15/h7H,3-6,8H2,1-2H3. The molecule has 2 heterocycles. The summed E-state index contributed by atoms with van der Waals surface area (Å²) < 4.78 is 10.3. The maximum atomic E-state index is 12.3. The van der Waals surface area contributed by atoms with E-state index in [0.717, 1.165) is 0 Å². The second-order valence-corrected chi connectivity index (χ2v) is 4.12. The zero-order valence-corrected chi connectivity index (χ0v) is 10.7. The minimum Gasteiger partial charge on any atom is -0.378 e. The van der Waals surface area contributed by atoms with Crippen molar-refractivity contribution in [3.63, 3.8) is 0 Å². The van der Waals surface area contributed by atoms with Crippen LogP contribution in [0, 0.1) is 6.92 Å². The Morgan fingerprint density at radius 3 is 2.89 bits per heavy atom. The lowest BCUT2D eigenvalue weighted by Gasteiger charge is -2.27. The van der Waals surface area contributed by atoms with E-state index in [1.54, 1.807) is 25.1 Å². The van der Waals surface area contributed by atoms with Crippen molar-refractivity contribution < 1.29 is 14.3 Å². The molecule has 1 aromatic heterocycles. The van der Waals surface area contributed by atoms with Gasteiger partial charge in [-0.3, -0.25) is 4.79 Å². The maximum Gasteiger partial charge on any atom is 0.257 e. The summed E-state index contributed by atoms with van der Waals surface area (Å²) in [6.07, 6.45) is 1.58. The van der Waals surface area contributed by atoms with Crippen LogP contribution >= 0.6 is 0 Å². The lowest BCUT2D eigenvalue weighted by Crippen LogP contribution is -2.41. The maximum absolute atomic E-state index is 12.3. The van der Waals surface area contributed by atoms with Crippen LogP contribution in [-0.4, -0.2) is 54.2 Å². The van der Waals surface area contributed by atoms with Gasteiger partial charge < -0.3 is 14.4 Å². The molecule has 18 heavy (non-hydrogen) atoms. The fourth-order valence-electron chi connectivity index (χ4n) is 1.88. The van der Waals surface area contributed by atoms with Gasteiger partial charge in [0.15, 0.2) is 0 Å². The lowest BCUT2D eigenvalue weighted by atomic mass is 10.2. The van der Waals surface area contributed by atoms with Crippen LogP contribution in [0.5, 0.6) is 0 Å². The summed E-state index contributed by atoms with van der Waals surface area (Å²) in [5.41, 5.74) is 1.16. The zero-order valence-electron chi connectivity index (χ0n) is 10.7. The molecule has 1 saturated heterocycles. The normalized spacial score (nSPS) is 15.8. The minimum absolute atomic E-state index is 0.0506. The molecule has 0 saturated carbocycles. The topological polar surface area (TPSA) is 64.6 Å². The van der Waals surface area contributed by atoms with Crippen molar-refractivity contribution in [2.75, 3.05) is 33.4 Å². The van der Waals surface area contributed by atoms with Gasteiger partial charge in [0.05, 0.1) is 31.1 Å². The first-order valence-electron chi connectivity index (χ1n) is 5.91. The molecular weight excluding hydrogens is 234 g/mol. The number of hydrogen-bond donors (Lipinski definition) is 0. The van der Waals surface area contributed by atoms with Crippen LogP contribution < -0.4 is 0 Å². The number of carbonyl (C=O) groups is 1. The largest absolute Gasteiger partial charge is 0.378 e. The Labute approximate surface area is 106 Å². The fraction of sp³-hybridized carbons (Fsp3) is 0.583. The molecule has 0 spiro atoms. The number of methoxy groups -OCH3 is 1. The van der Waals surface area contributed by atoms with Gasteiger partial charge in [-0.2, -0.15) is 0 Å². The molecule has 6 nitrogen and oxygen atoms in total. The monoisotopic (exact) mass is 251 g/mol. The number of aromatic nitrogens is 2. The Hall–Kier alpha value is -1.53. The van der Waals surface area contributed by atoms with E-state index in [4.69, 9.17) is 9.47 Å². The molecule has 1 amide bonds. The number of amides is 1. The van der Waals surface area contributed by atoms with Crippen LogP contribution in [-0.2, 0) is 16.1 Å². The van der Waals surface area contributed by atoms with Crippen molar-refractivity contribution in [1.29, 1.82) is 0 Å². The number of nitrogens with zero attached hydrogens (tertiary/aromatic N) is 3. The summed E-state index contributed by atoms with van der Waals surface area (Å²) in [4.78, 5) is 22.5. The van der Waals surface area contributed by atoms with E-state index in [9.17, 15) is 4.79 Å². The van der Waals surface area contributed by atoms with E-state index in [2.05, 4.69) is 9.97 Å². The molecule has 1 aliphatic heterocycles. The first kappa shape index (κ1) is 12.9. The van der Waals surface area contributed by atoms with Crippen molar-refractivity contribution in [3.8, 4) is 0 Å². The predicted octanol–water partition coefficient (Wildman–Crippen LogP) is 0.404. The van der Waals surface area contributed by atoms with Crippen molar-refractivity contribution in [3.05, 3.63) is 23.3 Å². The first-order valence-corrected chi connectivity index (χ1v) is 5.91. The fourth-order valence-corrected chi connectivity index (χ4v) is 1.88. The number of aryl methyl sites for hydroxylation is 1. The summed E-state index contributed by atoms with van der Waals surface area (Å²) in [5.74, 6) is 0.589. The van der Waals surface area contributed by atoms with Gasteiger partial charge >= 0.3 is 0 Å². The number of morpholine rings is 1. The Bertz CT molecular complexity index is 431. The van der Waals surface area contributed by atoms with Crippen molar-refractivity contribution in [1.82, 2.24) is 14.9 Å². The van der Waals surface area contributed by atoms with Gasteiger partial charge in [-0.05, 0) is 6.92 Å². The van der Waals surface area contributed by atoms with E-state index < -0.39 is 0 Å². The third kappa shape index (κ3) is 2.83. The van der Waals surface area contributed by atoms with Crippen molar-refractivity contribution in [2.45, 2.75) is 13.5 Å². The van der Waals surface area contributed by atoms with Crippen LogP contribution in [0.3, 0.4) is 0 Å². The Morgan fingerprint density at radius 1 is 1.50 bits per heavy atom. The van der Waals surface area contributed by atoms with Gasteiger partial charge in [0, 0.05) is 26.4 Å². The average Bonchev–Trinajstić information content (AvgIpc) is 2.40. The van der Waals surface area contributed by atoms with E-state index in [1.807, 2.05) is 0 Å². The molecule has 1 aromatic rings. The van der Waals surface area contributed by atoms with Crippen LogP contribution in [0.4, 0.5) is 0 Å². The zero-order chi connectivity index (χ0) is 13.0. The molecule has 1 aliphatic rings.